The van der Waals surface area contributed by atoms with E-state index in [1.54, 1.807) is 0 Å². The van der Waals surface area contributed by atoms with E-state index in [0.29, 0.717) is 0 Å². The number of benzene rings is 7. The van der Waals surface area contributed by atoms with Gasteiger partial charge in [-0.05, 0) is 56.4 Å². The second-order valence-corrected chi connectivity index (χ2v) is 10.9. The molecule has 0 aliphatic carbocycles. The Morgan fingerprint density at radius 2 is 0.925 bits per heavy atom. The first-order chi connectivity index (χ1) is 28.6. The summed E-state index contributed by atoms with van der Waals surface area (Å²) in [6, 6.07) is -12.4. The fraction of sp³-hybridized carbons (Fsp3) is 0. The summed E-state index contributed by atoms with van der Waals surface area (Å²) in [5, 5.41) is -2.06. The summed E-state index contributed by atoms with van der Waals surface area (Å²) in [6.07, 6.45) is 0. The van der Waals surface area contributed by atoms with Gasteiger partial charge in [-0.2, -0.15) is 0 Å². The first kappa shape index (κ1) is 10.2. The van der Waals surface area contributed by atoms with Crippen LogP contribution in [0.3, 0.4) is 0 Å². The number of rotatable bonds is 2. The first-order valence-electron chi connectivity index (χ1n) is 22.4. The standard InChI is InChI=1S/C38H22S2/c1-3-14-29-27(12-1)36(23-20-21-26-24-10-5-7-18-33(24)39-35(26)22-23)28-13-2-4-15-30(28)37(29)32-17-9-16-31-25-11-6-8-19-34(25)40-38(31)32/h1-22H/i1D,2D,3D,4D,5D,6D,7D,8D,9D,10D,11D,12D,13D,14D,15D,17D,18D,19D,20D,21D,22D. The van der Waals surface area contributed by atoms with E-state index in [4.69, 9.17) is 17.8 Å². The zero-order chi connectivity index (χ0) is 44.5. The smallest absolute Gasteiger partial charge is 0.0644 e. The molecular weight excluding hydrogens is 521 g/mol. The third-order valence-electron chi connectivity index (χ3n) is 6.77. The second-order valence-electron chi connectivity index (χ2n) is 8.85. The summed E-state index contributed by atoms with van der Waals surface area (Å²) in [5.41, 5.74) is -1.61. The molecule has 0 saturated carbocycles. The van der Waals surface area contributed by atoms with Crippen LogP contribution in [0.2, 0.25) is 0 Å². The van der Waals surface area contributed by atoms with E-state index in [1.165, 1.54) is 6.07 Å². The van der Waals surface area contributed by atoms with Gasteiger partial charge < -0.3 is 0 Å². The van der Waals surface area contributed by atoms with Gasteiger partial charge in [0, 0.05) is 45.9 Å². The Labute approximate surface area is 268 Å². The van der Waals surface area contributed by atoms with Gasteiger partial charge in [0.05, 0.1) is 28.8 Å². The fourth-order valence-corrected chi connectivity index (χ4v) is 7.19. The van der Waals surface area contributed by atoms with Crippen molar-refractivity contribution in [1.82, 2.24) is 0 Å². The Morgan fingerprint density at radius 3 is 1.60 bits per heavy atom. The maximum Gasteiger partial charge on any atom is 0.0644 e. The van der Waals surface area contributed by atoms with E-state index in [2.05, 4.69) is 0 Å². The van der Waals surface area contributed by atoms with E-state index < -0.39 is 160 Å². The summed E-state index contributed by atoms with van der Waals surface area (Å²) in [7, 11) is 0. The molecule has 2 heterocycles. The molecule has 0 saturated heterocycles. The lowest BCUT2D eigenvalue weighted by atomic mass is 9.85. The molecule has 40 heavy (non-hydrogen) atoms. The summed E-state index contributed by atoms with van der Waals surface area (Å²) in [5.74, 6) is 0. The molecular formula is C38H22S2. The molecule has 0 aliphatic rings. The molecule has 0 bridgehead atoms. The maximum absolute atomic E-state index is 9.60. The molecule has 2 aromatic heterocycles. The molecule has 9 rings (SSSR count). The van der Waals surface area contributed by atoms with Crippen molar-refractivity contribution in [2.24, 2.45) is 0 Å². The molecule has 2 heteroatoms. The molecule has 0 nitrogen and oxygen atoms in total. The normalized spacial score (nSPS) is 19.4. The van der Waals surface area contributed by atoms with Crippen LogP contribution in [0.15, 0.2) is 133 Å². The summed E-state index contributed by atoms with van der Waals surface area (Å²) < 4.78 is 187. The lowest BCUT2D eigenvalue weighted by Gasteiger charge is -2.18. The lowest BCUT2D eigenvalue weighted by Crippen LogP contribution is -1.90. The maximum atomic E-state index is 9.60. The van der Waals surface area contributed by atoms with Gasteiger partial charge >= 0.3 is 0 Å². The second kappa shape index (κ2) is 8.50. The third-order valence-corrected chi connectivity index (χ3v) is 8.93. The van der Waals surface area contributed by atoms with Gasteiger partial charge in [-0.1, -0.05) is 115 Å². The molecule has 9 aromatic rings. The minimum absolute atomic E-state index is 0.00570. The van der Waals surface area contributed by atoms with E-state index in [0.717, 1.165) is 22.7 Å². The largest absolute Gasteiger partial charge is 0.135 e. The van der Waals surface area contributed by atoms with E-state index >= 15 is 0 Å². The van der Waals surface area contributed by atoms with Crippen LogP contribution >= 0.6 is 22.7 Å². The Kier molecular flexibility index (Phi) is 2.16. The molecule has 0 radical (unpaired) electrons. The monoisotopic (exact) mass is 563 g/mol. The van der Waals surface area contributed by atoms with Crippen LogP contribution in [-0.4, -0.2) is 0 Å². The molecule has 0 aliphatic heterocycles. The molecule has 0 spiro atoms. The van der Waals surface area contributed by atoms with Crippen molar-refractivity contribution in [3.8, 4) is 22.3 Å². The molecule has 186 valence electrons. The van der Waals surface area contributed by atoms with Crippen molar-refractivity contribution in [3.63, 3.8) is 0 Å². The van der Waals surface area contributed by atoms with Gasteiger partial charge in [0.15, 0.2) is 0 Å². The van der Waals surface area contributed by atoms with Gasteiger partial charge in [-0.15, -0.1) is 22.7 Å². The van der Waals surface area contributed by atoms with Crippen molar-refractivity contribution in [2.75, 3.05) is 0 Å². The first-order valence-corrected chi connectivity index (χ1v) is 13.5. The van der Waals surface area contributed by atoms with Gasteiger partial charge in [-0.25, -0.2) is 0 Å². The van der Waals surface area contributed by atoms with Crippen LogP contribution in [0.25, 0.3) is 84.1 Å². The van der Waals surface area contributed by atoms with Crippen molar-refractivity contribution in [1.29, 1.82) is 0 Å². The van der Waals surface area contributed by atoms with Crippen LogP contribution in [0.1, 0.15) is 28.8 Å². The zero-order valence-corrected chi connectivity index (χ0v) is 21.5. The van der Waals surface area contributed by atoms with Gasteiger partial charge in [-0.3, -0.25) is 0 Å². The van der Waals surface area contributed by atoms with Gasteiger partial charge in [0.2, 0.25) is 0 Å². The highest BCUT2D eigenvalue weighted by Gasteiger charge is 2.19. The quantitative estimate of drug-likeness (QED) is 0.183. The van der Waals surface area contributed by atoms with Crippen molar-refractivity contribution in [3.05, 3.63) is 133 Å². The van der Waals surface area contributed by atoms with Crippen LogP contribution in [0, 0.1) is 0 Å². The van der Waals surface area contributed by atoms with Gasteiger partial charge in [0.25, 0.3) is 0 Å². The zero-order valence-electron chi connectivity index (χ0n) is 40.9. The summed E-state index contributed by atoms with van der Waals surface area (Å²) >= 11 is 1.52. The third kappa shape index (κ3) is 3.12. The number of fused-ring (bicyclic) bond motifs is 8. The Bertz CT molecular complexity index is 3520. The van der Waals surface area contributed by atoms with Crippen molar-refractivity contribution in [2.45, 2.75) is 0 Å². The van der Waals surface area contributed by atoms with E-state index in [-0.39, 0.29) is 51.5 Å². The highest BCUT2D eigenvalue weighted by Crippen LogP contribution is 2.48. The molecule has 0 amide bonds. The molecule has 7 aromatic carbocycles. The minimum Gasteiger partial charge on any atom is -0.135 e. The fourth-order valence-electron chi connectivity index (χ4n) is 5.12. The van der Waals surface area contributed by atoms with Crippen LogP contribution in [-0.2, 0) is 0 Å². The Balaban J connectivity index is 1.62. The SMILES string of the molecule is [2H]c1cc2c(sc3c([2H])c([2H])c([2H])c([2H])c32)c(-c2c3c([2H])c([2H])c([2H])c([2H])c3c(-c3c([2H])c([2H])c4c(sc5c([2H])c([2H])c([2H])c([2H])c54)c3[2H])c3c([2H])c([2H])c([2H])c([2H])c23)c1[2H]. The predicted octanol–water partition coefficient (Wildman–Crippen LogP) is 12.1. The van der Waals surface area contributed by atoms with Crippen LogP contribution in [0.4, 0.5) is 0 Å². The predicted molar refractivity (Wildman–Crippen MR) is 178 cm³/mol. The highest BCUT2D eigenvalue weighted by atomic mass is 32.1. The number of hydrogen-bond donors (Lipinski definition) is 0. The Morgan fingerprint density at radius 1 is 0.400 bits per heavy atom. The van der Waals surface area contributed by atoms with Gasteiger partial charge in [0.1, 0.15) is 0 Å². The number of thiophene rings is 2. The van der Waals surface area contributed by atoms with Crippen molar-refractivity contribution >= 4 is 84.6 Å². The summed E-state index contributed by atoms with van der Waals surface area (Å²) in [4.78, 5) is 0. The highest BCUT2D eigenvalue weighted by molar-refractivity contribution is 7.26. The summed E-state index contributed by atoms with van der Waals surface area (Å²) in [6.45, 7) is 0. The number of hydrogen-bond acceptors (Lipinski definition) is 2. The Hall–Kier alpha value is -4.50. The van der Waals surface area contributed by atoms with Crippen LogP contribution in [0.5, 0.6) is 0 Å². The average Bonchev–Trinajstić information content (AvgIpc) is 3.82. The van der Waals surface area contributed by atoms with Crippen molar-refractivity contribution < 1.29 is 28.8 Å². The lowest BCUT2D eigenvalue weighted by molar-refractivity contribution is 1.71. The minimum atomic E-state index is -0.823. The molecule has 0 fully saturated rings. The van der Waals surface area contributed by atoms with E-state index in [9.17, 15) is 11.0 Å². The molecule has 0 atom stereocenters. The van der Waals surface area contributed by atoms with E-state index in [1.807, 2.05) is 0 Å². The molecule has 0 unspecified atom stereocenters. The molecule has 0 N–H and O–H groups in total. The average molecular weight is 564 g/mol. The topological polar surface area (TPSA) is 0 Å². The van der Waals surface area contributed by atoms with Crippen LogP contribution < -0.4 is 0 Å².